The summed E-state index contributed by atoms with van der Waals surface area (Å²) >= 11 is 1.64. The van der Waals surface area contributed by atoms with Gasteiger partial charge in [0.25, 0.3) is 0 Å². The van der Waals surface area contributed by atoms with E-state index >= 15 is 0 Å². The molecule has 0 amide bonds. The number of nitrogen functional groups attached to an aromatic ring is 1. The Labute approximate surface area is 103 Å². The highest BCUT2D eigenvalue weighted by Gasteiger charge is 2.12. The van der Waals surface area contributed by atoms with Crippen LogP contribution in [-0.4, -0.2) is 14.4 Å². The summed E-state index contributed by atoms with van der Waals surface area (Å²) in [4.78, 5) is 9.79. The Morgan fingerprint density at radius 1 is 1.41 bits per heavy atom. The van der Waals surface area contributed by atoms with Crippen molar-refractivity contribution in [3.05, 3.63) is 35.6 Å². The molecule has 3 aromatic heterocycles. The quantitative estimate of drug-likeness (QED) is 0.754. The van der Waals surface area contributed by atoms with Gasteiger partial charge in [-0.1, -0.05) is 6.92 Å². The number of hydrogen-bond donors (Lipinski definition) is 1. The summed E-state index contributed by atoms with van der Waals surface area (Å²) in [6.07, 6.45) is 6.54. The summed E-state index contributed by atoms with van der Waals surface area (Å²) in [5.74, 6) is 0.717. The first-order valence-corrected chi connectivity index (χ1v) is 6.28. The molecule has 3 heterocycles. The van der Waals surface area contributed by atoms with E-state index in [4.69, 9.17) is 5.73 Å². The highest BCUT2D eigenvalue weighted by atomic mass is 32.1. The third kappa shape index (κ3) is 1.59. The molecule has 0 fully saturated rings. The zero-order chi connectivity index (χ0) is 11.8. The van der Waals surface area contributed by atoms with Crippen molar-refractivity contribution < 1.29 is 0 Å². The fraction of sp³-hybridized carbons (Fsp3) is 0.167. The first-order chi connectivity index (χ1) is 8.29. The average Bonchev–Trinajstić information content (AvgIpc) is 2.91. The van der Waals surface area contributed by atoms with Crippen molar-refractivity contribution in [3.8, 4) is 11.3 Å². The topological polar surface area (TPSA) is 56.2 Å². The molecular weight excluding hydrogens is 232 g/mol. The van der Waals surface area contributed by atoms with Crippen molar-refractivity contribution in [3.63, 3.8) is 0 Å². The van der Waals surface area contributed by atoms with Crippen LogP contribution in [0.2, 0.25) is 0 Å². The maximum Gasteiger partial charge on any atom is 0.234 e. The second-order valence-corrected chi connectivity index (χ2v) is 4.94. The van der Waals surface area contributed by atoms with Crippen LogP contribution in [0.3, 0.4) is 0 Å². The minimum absolute atomic E-state index is 0.717. The number of anilines is 1. The van der Waals surface area contributed by atoms with Crippen molar-refractivity contribution in [2.75, 3.05) is 5.73 Å². The molecule has 0 saturated heterocycles. The predicted octanol–water partition coefficient (Wildman–Crippen LogP) is 2.60. The highest BCUT2D eigenvalue weighted by Crippen LogP contribution is 2.33. The molecule has 0 aliphatic carbocycles. The number of fused-ring (bicyclic) bond motifs is 1. The molecule has 0 radical (unpaired) electrons. The molecule has 3 aromatic rings. The average molecular weight is 244 g/mol. The second kappa shape index (κ2) is 3.85. The molecule has 4 nitrogen and oxygen atoms in total. The summed E-state index contributed by atoms with van der Waals surface area (Å²) in [5.41, 5.74) is 8.09. The van der Waals surface area contributed by atoms with E-state index < -0.39 is 0 Å². The SMILES string of the molecule is CCc1sc(N)cc1-c1cnc2ncccn12. The van der Waals surface area contributed by atoms with Crippen LogP contribution in [0.4, 0.5) is 5.00 Å². The van der Waals surface area contributed by atoms with Gasteiger partial charge in [-0.2, -0.15) is 0 Å². The maximum atomic E-state index is 5.88. The lowest BCUT2D eigenvalue weighted by molar-refractivity contribution is 1.11. The van der Waals surface area contributed by atoms with E-state index in [1.54, 1.807) is 17.5 Å². The van der Waals surface area contributed by atoms with Gasteiger partial charge in [0.2, 0.25) is 5.78 Å². The summed E-state index contributed by atoms with van der Waals surface area (Å²) < 4.78 is 1.99. The first kappa shape index (κ1) is 10.3. The van der Waals surface area contributed by atoms with Crippen LogP contribution < -0.4 is 5.73 Å². The Hall–Kier alpha value is -1.88. The lowest BCUT2D eigenvalue weighted by Crippen LogP contribution is -1.90. The van der Waals surface area contributed by atoms with E-state index in [9.17, 15) is 0 Å². The van der Waals surface area contributed by atoms with Crippen molar-refractivity contribution in [2.45, 2.75) is 13.3 Å². The predicted molar refractivity (Wildman–Crippen MR) is 70.1 cm³/mol. The number of hydrogen-bond acceptors (Lipinski definition) is 4. The number of thiophene rings is 1. The molecule has 0 aliphatic rings. The number of rotatable bonds is 2. The molecule has 17 heavy (non-hydrogen) atoms. The van der Waals surface area contributed by atoms with Gasteiger partial charge in [-0.25, -0.2) is 9.97 Å². The molecule has 0 unspecified atom stereocenters. The van der Waals surface area contributed by atoms with Gasteiger partial charge in [0.1, 0.15) is 0 Å². The number of aryl methyl sites for hydroxylation is 1. The van der Waals surface area contributed by atoms with Crippen molar-refractivity contribution >= 4 is 22.1 Å². The first-order valence-electron chi connectivity index (χ1n) is 5.46. The van der Waals surface area contributed by atoms with Gasteiger partial charge in [-0.3, -0.25) is 4.40 Å². The van der Waals surface area contributed by atoms with Crippen LogP contribution in [0.1, 0.15) is 11.8 Å². The largest absolute Gasteiger partial charge is 0.391 e. The lowest BCUT2D eigenvalue weighted by Gasteiger charge is -2.00. The van der Waals surface area contributed by atoms with Gasteiger partial charge in [0.05, 0.1) is 16.9 Å². The minimum atomic E-state index is 0.717. The fourth-order valence-electron chi connectivity index (χ4n) is 1.96. The van der Waals surface area contributed by atoms with Gasteiger partial charge < -0.3 is 5.73 Å². The Morgan fingerprint density at radius 3 is 3.12 bits per heavy atom. The van der Waals surface area contributed by atoms with Gasteiger partial charge in [0, 0.05) is 22.8 Å². The molecule has 0 spiro atoms. The number of aromatic nitrogens is 3. The van der Waals surface area contributed by atoms with Crippen LogP contribution in [-0.2, 0) is 6.42 Å². The molecule has 3 rings (SSSR count). The van der Waals surface area contributed by atoms with Crippen LogP contribution in [0.5, 0.6) is 0 Å². The molecule has 2 N–H and O–H groups in total. The summed E-state index contributed by atoms with van der Waals surface area (Å²) in [7, 11) is 0. The van der Waals surface area contributed by atoms with Crippen LogP contribution >= 0.6 is 11.3 Å². The second-order valence-electron chi connectivity index (χ2n) is 3.77. The molecule has 0 atom stereocenters. The van der Waals surface area contributed by atoms with E-state index in [0.29, 0.717) is 5.78 Å². The van der Waals surface area contributed by atoms with Gasteiger partial charge >= 0.3 is 0 Å². The van der Waals surface area contributed by atoms with Crippen LogP contribution in [0, 0.1) is 0 Å². The zero-order valence-corrected chi connectivity index (χ0v) is 10.2. The van der Waals surface area contributed by atoms with E-state index in [1.165, 1.54) is 4.88 Å². The standard InChI is InChI=1S/C12H12N4S/c1-2-10-8(6-11(13)17-10)9-7-15-12-14-4-3-5-16(9)12/h3-7H,2,13H2,1H3. The third-order valence-electron chi connectivity index (χ3n) is 2.71. The van der Waals surface area contributed by atoms with E-state index in [1.807, 2.05) is 28.9 Å². The van der Waals surface area contributed by atoms with Crippen molar-refractivity contribution in [1.82, 2.24) is 14.4 Å². The molecule has 86 valence electrons. The fourth-order valence-corrected chi connectivity index (χ4v) is 2.84. The van der Waals surface area contributed by atoms with Crippen LogP contribution in [0.15, 0.2) is 30.7 Å². The summed E-state index contributed by atoms with van der Waals surface area (Å²) in [6.45, 7) is 2.14. The van der Waals surface area contributed by atoms with E-state index in [-0.39, 0.29) is 0 Å². The molecule has 0 saturated carbocycles. The van der Waals surface area contributed by atoms with E-state index in [0.717, 1.165) is 22.7 Å². The normalized spacial score (nSPS) is 11.1. The smallest absolute Gasteiger partial charge is 0.234 e. The third-order valence-corrected chi connectivity index (χ3v) is 3.82. The van der Waals surface area contributed by atoms with Crippen LogP contribution in [0.25, 0.3) is 17.0 Å². The number of nitrogens with zero attached hydrogens (tertiary/aromatic N) is 3. The summed E-state index contributed by atoms with van der Waals surface area (Å²) in [5, 5.41) is 0.843. The molecule has 0 aromatic carbocycles. The molecular formula is C12H12N4S. The van der Waals surface area contributed by atoms with Crippen molar-refractivity contribution in [1.29, 1.82) is 0 Å². The van der Waals surface area contributed by atoms with Gasteiger partial charge in [-0.15, -0.1) is 11.3 Å². The Morgan fingerprint density at radius 2 is 2.29 bits per heavy atom. The monoisotopic (exact) mass is 244 g/mol. The minimum Gasteiger partial charge on any atom is -0.391 e. The van der Waals surface area contributed by atoms with Gasteiger partial charge in [0.15, 0.2) is 0 Å². The lowest BCUT2D eigenvalue weighted by atomic mass is 10.1. The van der Waals surface area contributed by atoms with E-state index in [2.05, 4.69) is 16.9 Å². The molecule has 5 heteroatoms. The van der Waals surface area contributed by atoms with Crippen molar-refractivity contribution in [2.24, 2.45) is 0 Å². The highest BCUT2D eigenvalue weighted by molar-refractivity contribution is 7.16. The molecule has 0 aliphatic heterocycles. The Balaban J connectivity index is 2.26. The zero-order valence-electron chi connectivity index (χ0n) is 9.42. The maximum absolute atomic E-state index is 5.88. The Bertz CT molecular complexity index is 668. The Kier molecular flexibility index (Phi) is 2.33. The molecule has 0 bridgehead atoms. The summed E-state index contributed by atoms with van der Waals surface area (Å²) in [6, 6.07) is 3.92. The van der Waals surface area contributed by atoms with Gasteiger partial charge in [-0.05, 0) is 18.6 Å². The number of imidazole rings is 1. The number of nitrogens with two attached hydrogens (primary N) is 1.